The van der Waals surface area contributed by atoms with Gasteiger partial charge in [0, 0.05) is 6.07 Å². The summed E-state index contributed by atoms with van der Waals surface area (Å²) in [4.78, 5) is 3.85. The summed E-state index contributed by atoms with van der Waals surface area (Å²) in [5, 5.41) is 10.4. The smallest absolute Gasteiger partial charge is 0.381 e. The summed E-state index contributed by atoms with van der Waals surface area (Å²) < 4.78 is 3.90. The summed E-state index contributed by atoms with van der Waals surface area (Å²) in [5.41, 5.74) is 1.12. The van der Waals surface area contributed by atoms with Crippen LogP contribution in [0.3, 0.4) is 0 Å². The van der Waals surface area contributed by atoms with E-state index < -0.39 is 0 Å². The monoisotopic (exact) mass is 159 g/mol. The zero-order valence-electron chi connectivity index (χ0n) is 6.57. The summed E-state index contributed by atoms with van der Waals surface area (Å²) >= 11 is 0. The molecular formula is C9H7N2O+. The molecule has 0 radical (unpaired) electrons. The van der Waals surface area contributed by atoms with Crippen molar-refractivity contribution in [2.75, 3.05) is 0 Å². The summed E-state index contributed by atoms with van der Waals surface area (Å²) in [6.07, 6.45) is 0. The molecule has 0 aliphatic carbocycles. The van der Waals surface area contributed by atoms with Crippen LogP contribution >= 0.6 is 0 Å². The molecule has 1 aliphatic rings. The Hall–Kier alpha value is -1.82. The van der Waals surface area contributed by atoms with E-state index in [9.17, 15) is 0 Å². The minimum atomic E-state index is -0.161. The summed E-state index contributed by atoms with van der Waals surface area (Å²) in [7, 11) is 0. The Bertz CT molecular complexity index is 518. The molecule has 2 rings (SSSR count). The molecule has 12 heavy (non-hydrogen) atoms. The summed E-state index contributed by atoms with van der Waals surface area (Å²) in [6, 6.07) is 5.65. The van der Waals surface area contributed by atoms with Crippen LogP contribution < -0.4 is 15.4 Å². The second-order valence-electron chi connectivity index (χ2n) is 2.65. The molecular weight excluding hydrogens is 152 g/mol. The van der Waals surface area contributed by atoms with Crippen molar-refractivity contribution in [3.05, 3.63) is 40.4 Å². The first-order valence-electron chi connectivity index (χ1n) is 3.61. The standard InChI is InChI=1S/C9H6N2O/c1-6-2-3-7-8(4-6)10-5-9(12)11-7/h2-4H,1H3/p+1. The molecule has 0 bridgehead atoms. The predicted molar refractivity (Wildman–Crippen MR) is 44.3 cm³/mol. The molecule has 3 nitrogen and oxygen atoms in total. The lowest BCUT2D eigenvalue weighted by molar-refractivity contribution is 0.411. The highest BCUT2D eigenvalue weighted by Crippen LogP contribution is 1.86. The number of hydrogen-bond donors (Lipinski definition) is 1. The fraction of sp³-hybridized carbons (Fsp3) is 0.111. The van der Waals surface area contributed by atoms with Gasteiger partial charge in [-0.3, -0.25) is 0 Å². The van der Waals surface area contributed by atoms with Crippen molar-refractivity contribution in [2.45, 2.75) is 6.92 Å². The molecule has 1 aromatic carbocycles. The summed E-state index contributed by atoms with van der Waals surface area (Å²) in [6.45, 7) is 1.98. The van der Waals surface area contributed by atoms with E-state index >= 15 is 0 Å². The van der Waals surface area contributed by atoms with Crippen molar-refractivity contribution >= 4 is 5.87 Å². The lowest BCUT2D eigenvalue weighted by Crippen LogP contribution is -2.29. The highest BCUT2D eigenvalue weighted by Gasteiger charge is 2.04. The third-order valence-corrected chi connectivity index (χ3v) is 1.63. The van der Waals surface area contributed by atoms with E-state index in [0.717, 1.165) is 10.9 Å². The largest absolute Gasteiger partial charge is 0.482 e. The SMILES string of the molecule is Cc1ccc2c(c1)=[N+]=C=C(O)N=2. The van der Waals surface area contributed by atoms with E-state index in [0.29, 0.717) is 5.36 Å². The zero-order valence-corrected chi connectivity index (χ0v) is 6.57. The van der Waals surface area contributed by atoms with Crippen LogP contribution in [-0.4, -0.2) is 11.0 Å². The maximum Gasteiger partial charge on any atom is 0.381 e. The van der Waals surface area contributed by atoms with E-state index in [2.05, 4.69) is 15.5 Å². The number of hydrogen-bond acceptors (Lipinski definition) is 2. The van der Waals surface area contributed by atoms with E-state index in [1.807, 2.05) is 25.1 Å². The van der Waals surface area contributed by atoms with Gasteiger partial charge in [-0.2, -0.15) is 4.99 Å². The highest BCUT2D eigenvalue weighted by atomic mass is 16.3. The van der Waals surface area contributed by atoms with Gasteiger partial charge in [-0.25, -0.2) is 0 Å². The second kappa shape index (κ2) is 2.35. The number of fused-ring (bicyclic) bond motifs is 1. The lowest BCUT2D eigenvalue weighted by atomic mass is 10.2. The van der Waals surface area contributed by atoms with Crippen molar-refractivity contribution in [1.29, 1.82) is 0 Å². The Balaban J connectivity index is 2.99. The quantitative estimate of drug-likeness (QED) is 0.504. The average molecular weight is 159 g/mol. The van der Waals surface area contributed by atoms with Gasteiger partial charge in [0.15, 0.2) is 5.36 Å². The summed E-state index contributed by atoms with van der Waals surface area (Å²) in [5.74, 6) is 2.24. The Kier molecular flexibility index (Phi) is 1.34. The predicted octanol–water partition coefficient (Wildman–Crippen LogP) is -0.616. The molecule has 3 heteroatoms. The molecule has 0 spiro atoms. The third kappa shape index (κ3) is 1.04. The van der Waals surface area contributed by atoms with Gasteiger partial charge in [0.1, 0.15) is 0 Å². The maximum atomic E-state index is 8.97. The van der Waals surface area contributed by atoms with Crippen LogP contribution in [0.4, 0.5) is 0 Å². The van der Waals surface area contributed by atoms with Crippen molar-refractivity contribution < 1.29 is 5.11 Å². The van der Waals surface area contributed by atoms with Crippen LogP contribution in [-0.2, 0) is 0 Å². The number of aliphatic hydroxyl groups excluding tert-OH is 1. The number of benzene rings is 1. The van der Waals surface area contributed by atoms with Crippen LogP contribution in [0.5, 0.6) is 0 Å². The Morgan fingerprint density at radius 3 is 3.17 bits per heavy atom. The van der Waals surface area contributed by atoms with Gasteiger partial charge in [0.2, 0.25) is 0 Å². The minimum Gasteiger partial charge on any atom is -0.482 e. The lowest BCUT2D eigenvalue weighted by Gasteiger charge is -1.85. The number of nitrogens with zero attached hydrogens (tertiary/aromatic N) is 2. The zero-order chi connectivity index (χ0) is 8.55. The average Bonchev–Trinajstić information content (AvgIpc) is 2.05. The Morgan fingerprint density at radius 1 is 1.50 bits per heavy atom. The van der Waals surface area contributed by atoms with E-state index in [-0.39, 0.29) is 5.88 Å². The van der Waals surface area contributed by atoms with Gasteiger partial charge < -0.3 is 5.11 Å². The van der Waals surface area contributed by atoms with Gasteiger partial charge >= 0.3 is 17.1 Å². The first kappa shape index (κ1) is 6.86. The molecule has 0 unspecified atom stereocenters. The fourth-order valence-corrected chi connectivity index (χ4v) is 1.07. The van der Waals surface area contributed by atoms with Crippen LogP contribution in [0, 0.1) is 6.92 Å². The molecule has 1 heterocycles. The molecule has 0 saturated heterocycles. The van der Waals surface area contributed by atoms with Crippen molar-refractivity contribution in [3.8, 4) is 0 Å². The molecule has 1 aromatic rings. The van der Waals surface area contributed by atoms with Gasteiger partial charge in [0.25, 0.3) is 0 Å². The first-order chi connectivity index (χ1) is 5.75. The van der Waals surface area contributed by atoms with Gasteiger partial charge in [-0.1, -0.05) is 6.07 Å². The fourth-order valence-electron chi connectivity index (χ4n) is 1.07. The van der Waals surface area contributed by atoms with Crippen molar-refractivity contribution in [3.63, 3.8) is 0 Å². The van der Waals surface area contributed by atoms with Crippen molar-refractivity contribution in [2.24, 2.45) is 4.99 Å². The van der Waals surface area contributed by atoms with Gasteiger partial charge in [0.05, 0.1) is 0 Å². The third-order valence-electron chi connectivity index (χ3n) is 1.63. The normalized spacial score (nSPS) is 12.6. The van der Waals surface area contributed by atoms with E-state index in [4.69, 9.17) is 5.11 Å². The van der Waals surface area contributed by atoms with Crippen molar-refractivity contribution in [1.82, 2.24) is 4.67 Å². The van der Waals surface area contributed by atoms with Crippen LogP contribution in [0.1, 0.15) is 5.56 Å². The molecule has 1 aliphatic heterocycles. The number of aryl methyl sites for hydroxylation is 1. The highest BCUT2D eigenvalue weighted by molar-refractivity contribution is 5.53. The minimum absolute atomic E-state index is 0.161. The molecule has 0 saturated carbocycles. The van der Waals surface area contributed by atoms with Crippen LogP contribution in [0.15, 0.2) is 29.1 Å². The van der Waals surface area contributed by atoms with Crippen LogP contribution in [0.25, 0.3) is 0 Å². The van der Waals surface area contributed by atoms with Gasteiger partial charge in [-0.15, -0.1) is 0 Å². The van der Waals surface area contributed by atoms with Crippen LogP contribution in [0.2, 0.25) is 0 Å². The number of rotatable bonds is 0. The Labute approximate surface area is 68.8 Å². The molecule has 58 valence electrons. The van der Waals surface area contributed by atoms with Gasteiger partial charge in [-0.05, 0) is 23.2 Å². The maximum absolute atomic E-state index is 8.97. The second-order valence-corrected chi connectivity index (χ2v) is 2.65. The molecule has 1 N–H and O–H groups in total. The number of aliphatic hydroxyl groups is 1. The molecule has 0 fully saturated rings. The first-order valence-corrected chi connectivity index (χ1v) is 3.61. The molecule has 0 amide bonds. The van der Waals surface area contributed by atoms with E-state index in [1.54, 1.807) is 0 Å². The molecule has 0 atom stereocenters. The Morgan fingerprint density at radius 2 is 2.33 bits per heavy atom. The topological polar surface area (TPSA) is 46.7 Å². The van der Waals surface area contributed by atoms with E-state index in [1.165, 1.54) is 0 Å². The molecule has 0 aromatic heterocycles.